The second kappa shape index (κ2) is 6.93. The Labute approximate surface area is 126 Å². The molecule has 3 N–H and O–H groups in total. The summed E-state index contributed by atoms with van der Waals surface area (Å²) in [5, 5.41) is 3.69. The molecule has 0 aliphatic rings. The molecule has 0 aliphatic heterocycles. The highest BCUT2D eigenvalue weighted by Crippen LogP contribution is 2.23. The summed E-state index contributed by atoms with van der Waals surface area (Å²) in [7, 11) is 0. The van der Waals surface area contributed by atoms with Crippen LogP contribution >= 0.6 is 28.3 Å². The molecular formula is C13H16BrClN2O2. The summed E-state index contributed by atoms with van der Waals surface area (Å²) in [6.45, 7) is 2.46. The molecule has 1 heterocycles. The minimum atomic E-state index is -0.206. The Balaban J connectivity index is 0.00000180. The van der Waals surface area contributed by atoms with Crippen LogP contribution in [0, 0.1) is 0 Å². The quantitative estimate of drug-likeness (QED) is 0.893. The summed E-state index contributed by atoms with van der Waals surface area (Å²) >= 11 is 3.38. The van der Waals surface area contributed by atoms with Crippen LogP contribution in [0.15, 0.2) is 33.2 Å². The molecule has 104 valence electrons. The van der Waals surface area contributed by atoms with Gasteiger partial charge in [0.2, 0.25) is 0 Å². The molecule has 2 aromatic rings. The number of halogens is 2. The second-order valence-corrected chi connectivity index (χ2v) is 5.23. The van der Waals surface area contributed by atoms with Crippen molar-refractivity contribution in [3.63, 3.8) is 0 Å². The molecule has 2 rings (SSSR count). The summed E-state index contributed by atoms with van der Waals surface area (Å²) in [6, 6.07) is 7.44. The number of hydrogen-bond acceptors (Lipinski definition) is 3. The number of carbonyl (C=O) groups is 1. The van der Waals surface area contributed by atoms with Crippen molar-refractivity contribution in [2.75, 3.05) is 6.54 Å². The van der Waals surface area contributed by atoms with E-state index in [1.54, 1.807) is 6.07 Å². The lowest BCUT2D eigenvalue weighted by Gasteiger charge is -2.05. The van der Waals surface area contributed by atoms with Gasteiger partial charge in [-0.3, -0.25) is 4.79 Å². The Morgan fingerprint density at radius 2 is 2.21 bits per heavy atom. The predicted molar refractivity (Wildman–Crippen MR) is 81.8 cm³/mol. The third kappa shape index (κ3) is 4.23. The first-order valence-electron chi connectivity index (χ1n) is 5.79. The van der Waals surface area contributed by atoms with E-state index in [2.05, 4.69) is 21.2 Å². The minimum Gasteiger partial charge on any atom is -0.451 e. The van der Waals surface area contributed by atoms with E-state index in [4.69, 9.17) is 10.2 Å². The highest BCUT2D eigenvalue weighted by atomic mass is 79.9. The Hall–Kier alpha value is -1.04. The number of fused-ring (bicyclic) bond motifs is 1. The third-order valence-corrected chi connectivity index (χ3v) is 3.08. The van der Waals surface area contributed by atoms with Crippen molar-refractivity contribution in [3.05, 3.63) is 34.5 Å². The first kappa shape index (κ1) is 16.0. The summed E-state index contributed by atoms with van der Waals surface area (Å²) in [4.78, 5) is 11.8. The van der Waals surface area contributed by atoms with Gasteiger partial charge in [0.05, 0.1) is 0 Å². The van der Waals surface area contributed by atoms with Crippen LogP contribution in [-0.2, 0) is 0 Å². The van der Waals surface area contributed by atoms with Gasteiger partial charge in [0.1, 0.15) is 5.58 Å². The Morgan fingerprint density at radius 1 is 1.47 bits per heavy atom. The van der Waals surface area contributed by atoms with Crippen LogP contribution in [0.4, 0.5) is 0 Å². The van der Waals surface area contributed by atoms with E-state index in [1.165, 1.54) is 0 Å². The average Bonchev–Trinajstić information content (AvgIpc) is 2.71. The smallest absolute Gasteiger partial charge is 0.287 e. The number of amides is 1. The van der Waals surface area contributed by atoms with Gasteiger partial charge < -0.3 is 15.5 Å². The van der Waals surface area contributed by atoms with Crippen molar-refractivity contribution in [2.24, 2.45) is 5.73 Å². The van der Waals surface area contributed by atoms with Gasteiger partial charge in [-0.25, -0.2) is 0 Å². The largest absolute Gasteiger partial charge is 0.451 e. The van der Waals surface area contributed by atoms with Crippen LogP contribution in [0.25, 0.3) is 11.0 Å². The number of rotatable bonds is 4. The minimum absolute atomic E-state index is 0. The van der Waals surface area contributed by atoms with Crippen molar-refractivity contribution in [3.8, 4) is 0 Å². The zero-order valence-corrected chi connectivity index (χ0v) is 12.9. The van der Waals surface area contributed by atoms with Crippen LogP contribution in [0.5, 0.6) is 0 Å². The van der Waals surface area contributed by atoms with Crippen molar-refractivity contribution >= 4 is 45.2 Å². The fourth-order valence-electron chi connectivity index (χ4n) is 1.63. The highest BCUT2D eigenvalue weighted by Gasteiger charge is 2.11. The first-order chi connectivity index (χ1) is 8.56. The summed E-state index contributed by atoms with van der Waals surface area (Å²) in [5.41, 5.74) is 6.32. The average molecular weight is 348 g/mol. The van der Waals surface area contributed by atoms with Gasteiger partial charge in [-0.05, 0) is 37.6 Å². The molecular weight excluding hydrogens is 332 g/mol. The molecule has 19 heavy (non-hydrogen) atoms. The van der Waals surface area contributed by atoms with Gasteiger partial charge in [-0.1, -0.05) is 15.9 Å². The molecule has 4 nitrogen and oxygen atoms in total. The standard InChI is InChI=1S/C13H15BrN2O2.ClH/c1-8(15)4-5-16-13(17)12-7-9-6-10(14)2-3-11(9)18-12;/h2-3,6-8H,4-5,15H2,1H3,(H,16,17);1H. The molecule has 0 saturated carbocycles. The van der Waals surface area contributed by atoms with Gasteiger partial charge >= 0.3 is 0 Å². The molecule has 1 aromatic carbocycles. The molecule has 0 saturated heterocycles. The maximum atomic E-state index is 11.8. The Kier molecular flexibility index (Phi) is 5.85. The topological polar surface area (TPSA) is 68.3 Å². The predicted octanol–water partition coefficient (Wildman–Crippen LogP) is 3.08. The summed E-state index contributed by atoms with van der Waals surface area (Å²) in [6.07, 6.45) is 0.748. The van der Waals surface area contributed by atoms with Crippen molar-refractivity contribution < 1.29 is 9.21 Å². The molecule has 1 unspecified atom stereocenters. The molecule has 1 aromatic heterocycles. The summed E-state index contributed by atoms with van der Waals surface area (Å²) in [5.74, 6) is 0.121. The highest BCUT2D eigenvalue weighted by molar-refractivity contribution is 9.10. The maximum Gasteiger partial charge on any atom is 0.287 e. The maximum absolute atomic E-state index is 11.8. The fraction of sp³-hybridized carbons (Fsp3) is 0.308. The van der Waals surface area contributed by atoms with E-state index < -0.39 is 0 Å². The monoisotopic (exact) mass is 346 g/mol. The number of nitrogens with two attached hydrogens (primary N) is 1. The van der Waals surface area contributed by atoms with E-state index in [0.29, 0.717) is 17.9 Å². The van der Waals surface area contributed by atoms with E-state index in [9.17, 15) is 4.79 Å². The van der Waals surface area contributed by atoms with E-state index in [0.717, 1.165) is 16.3 Å². The molecule has 1 atom stereocenters. The normalized spacial score (nSPS) is 11.9. The van der Waals surface area contributed by atoms with Crippen LogP contribution in [-0.4, -0.2) is 18.5 Å². The van der Waals surface area contributed by atoms with Crippen molar-refractivity contribution in [1.82, 2.24) is 5.32 Å². The zero-order valence-electron chi connectivity index (χ0n) is 10.5. The second-order valence-electron chi connectivity index (χ2n) is 4.31. The van der Waals surface area contributed by atoms with Gasteiger partial charge in [-0.2, -0.15) is 0 Å². The number of hydrogen-bond donors (Lipinski definition) is 2. The first-order valence-corrected chi connectivity index (χ1v) is 6.58. The summed E-state index contributed by atoms with van der Waals surface area (Å²) < 4.78 is 6.44. The number of nitrogens with one attached hydrogen (secondary N) is 1. The molecule has 6 heteroatoms. The van der Waals surface area contributed by atoms with Crippen LogP contribution in [0.3, 0.4) is 0 Å². The van der Waals surface area contributed by atoms with Gasteiger partial charge in [-0.15, -0.1) is 12.4 Å². The van der Waals surface area contributed by atoms with Gasteiger partial charge in [0.15, 0.2) is 5.76 Å². The Morgan fingerprint density at radius 3 is 2.89 bits per heavy atom. The number of benzene rings is 1. The Bertz CT molecular complexity index is 569. The zero-order chi connectivity index (χ0) is 13.1. The molecule has 0 bridgehead atoms. The lowest BCUT2D eigenvalue weighted by molar-refractivity contribution is 0.0927. The van der Waals surface area contributed by atoms with E-state index in [-0.39, 0.29) is 24.4 Å². The fourth-order valence-corrected chi connectivity index (χ4v) is 2.01. The van der Waals surface area contributed by atoms with Crippen LogP contribution < -0.4 is 11.1 Å². The van der Waals surface area contributed by atoms with Crippen molar-refractivity contribution in [2.45, 2.75) is 19.4 Å². The van der Waals surface area contributed by atoms with Crippen molar-refractivity contribution in [1.29, 1.82) is 0 Å². The van der Waals surface area contributed by atoms with Gasteiger partial charge in [0, 0.05) is 22.4 Å². The van der Waals surface area contributed by atoms with E-state index >= 15 is 0 Å². The lowest BCUT2D eigenvalue weighted by Crippen LogP contribution is -2.28. The van der Waals surface area contributed by atoms with Crippen LogP contribution in [0.2, 0.25) is 0 Å². The molecule has 0 radical (unpaired) electrons. The molecule has 0 fully saturated rings. The molecule has 1 amide bonds. The van der Waals surface area contributed by atoms with Crippen LogP contribution in [0.1, 0.15) is 23.9 Å². The molecule has 0 spiro atoms. The SMILES string of the molecule is CC(N)CCNC(=O)c1cc2cc(Br)ccc2o1.Cl. The lowest BCUT2D eigenvalue weighted by atomic mass is 10.2. The number of furan rings is 1. The third-order valence-electron chi connectivity index (χ3n) is 2.59. The number of carbonyl (C=O) groups excluding carboxylic acids is 1. The van der Waals surface area contributed by atoms with E-state index in [1.807, 2.05) is 25.1 Å². The van der Waals surface area contributed by atoms with Gasteiger partial charge in [0.25, 0.3) is 5.91 Å². The molecule has 0 aliphatic carbocycles.